The lowest BCUT2D eigenvalue weighted by atomic mass is 9.93. The van der Waals surface area contributed by atoms with Crippen LogP contribution in [0, 0.1) is 0 Å². The molecule has 1 heterocycles. The van der Waals surface area contributed by atoms with Crippen LogP contribution >= 0.6 is 0 Å². The molecular formula is C34H52N2O3. The Bertz CT molecular complexity index is 959. The first-order valence-corrected chi connectivity index (χ1v) is 15.6. The van der Waals surface area contributed by atoms with Crippen LogP contribution in [0.2, 0.25) is 0 Å². The Morgan fingerprint density at radius 3 is 2.10 bits per heavy atom. The largest absolute Gasteiger partial charge is 0.368 e. The average Bonchev–Trinajstić information content (AvgIpc) is 2.92. The SMILES string of the molecule is O=C1CCCCCNCCCCc2ccc(CCCC(O)O)cc2CCCCc2cccc(c2)CCCCN1. The van der Waals surface area contributed by atoms with Gasteiger partial charge in [0.15, 0.2) is 6.29 Å². The van der Waals surface area contributed by atoms with Crippen LogP contribution in [0.1, 0.15) is 105 Å². The highest BCUT2D eigenvalue weighted by Crippen LogP contribution is 2.20. The van der Waals surface area contributed by atoms with Crippen LogP contribution in [0.3, 0.4) is 0 Å². The number of aryl methyl sites for hydroxylation is 5. The summed E-state index contributed by atoms with van der Waals surface area (Å²) in [5.74, 6) is 0.201. The second-order valence-corrected chi connectivity index (χ2v) is 11.3. The first kappa shape index (κ1) is 31.3. The van der Waals surface area contributed by atoms with Crippen molar-refractivity contribution in [1.82, 2.24) is 10.6 Å². The van der Waals surface area contributed by atoms with E-state index in [2.05, 4.69) is 53.1 Å². The summed E-state index contributed by atoms with van der Waals surface area (Å²) in [5.41, 5.74) is 7.10. The summed E-state index contributed by atoms with van der Waals surface area (Å²) in [4.78, 5) is 12.1. The van der Waals surface area contributed by atoms with Crippen molar-refractivity contribution >= 4 is 5.91 Å². The number of fused-ring (bicyclic) bond motifs is 3. The van der Waals surface area contributed by atoms with E-state index in [9.17, 15) is 15.0 Å². The van der Waals surface area contributed by atoms with Gasteiger partial charge in [-0.25, -0.2) is 0 Å². The lowest BCUT2D eigenvalue weighted by Gasteiger charge is -2.13. The summed E-state index contributed by atoms with van der Waals surface area (Å²) in [5, 5.41) is 25.1. The maximum Gasteiger partial charge on any atom is 0.219 e. The molecule has 2 bridgehead atoms. The number of aliphatic hydroxyl groups excluding tert-OH is 1. The van der Waals surface area contributed by atoms with Gasteiger partial charge in [-0.1, -0.05) is 48.9 Å². The Morgan fingerprint density at radius 2 is 1.31 bits per heavy atom. The topological polar surface area (TPSA) is 81.6 Å². The van der Waals surface area contributed by atoms with E-state index >= 15 is 0 Å². The van der Waals surface area contributed by atoms with Crippen molar-refractivity contribution in [3.63, 3.8) is 0 Å². The molecule has 3 rings (SSSR count). The Balaban J connectivity index is 1.58. The first-order chi connectivity index (χ1) is 19.1. The predicted octanol–water partition coefficient (Wildman–Crippen LogP) is 5.81. The fourth-order valence-electron chi connectivity index (χ4n) is 5.56. The molecule has 5 heteroatoms. The maximum atomic E-state index is 12.1. The summed E-state index contributed by atoms with van der Waals surface area (Å²) < 4.78 is 0. The third-order valence-corrected chi connectivity index (χ3v) is 7.87. The molecule has 2 aromatic rings. The van der Waals surface area contributed by atoms with E-state index in [-0.39, 0.29) is 5.91 Å². The van der Waals surface area contributed by atoms with Gasteiger partial charge in [-0.05, 0) is 137 Å². The number of hydrogen-bond donors (Lipinski definition) is 4. The van der Waals surface area contributed by atoms with Gasteiger partial charge in [0.2, 0.25) is 5.91 Å². The van der Waals surface area contributed by atoms with E-state index < -0.39 is 6.29 Å². The molecule has 39 heavy (non-hydrogen) atoms. The number of rotatable bonds is 4. The van der Waals surface area contributed by atoms with Gasteiger partial charge in [-0.2, -0.15) is 0 Å². The van der Waals surface area contributed by atoms with E-state index in [4.69, 9.17) is 0 Å². The van der Waals surface area contributed by atoms with Crippen LogP contribution in [-0.4, -0.2) is 42.0 Å². The first-order valence-electron chi connectivity index (χ1n) is 15.6. The number of amides is 1. The zero-order valence-corrected chi connectivity index (χ0v) is 24.1. The van der Waals surface area contributed by atoms with Crippen molar-refractivity contribution in [2.75, 3.05) is 19.6 Å². The molecule has 1 amide bonds. The number of hydrogen-bond acceptors (Lipinski definition) is 4. The van der Waals surface area contributed by atoms with E-state index in [0.29, 0.717) is 12.8 Å². The highest BCUT2D eigenvalue weighted by atomic mass is 16.5. The molecule has 2 aromatic carbocycles. The molecule has 0 aromatic heterocycles. The van der Waals surface area contributed by atoms with Gasteiger partial charge in [0, 0.05) is 13.0 Å². The van der Waals surface area contributed by atoms with Crippen LogP contribution in [-0.2, 0) is 36.9 Å². The smallest absolute Gasteiger partial charge is 0.219 e. The molecule has 5 nitrogen and oxygen atoms in total. The van der Waals surface area contributed by atoms with Crippen LogP contribution in [0.25, 0.3) is 0 Å². The highest BCUT2D eigenvalue weighted by molar-refractivity contribution is 5.75. The zero-order valence-electron chi connectivity index (χ0n) is 24.1. The molecule has 0 spiro atoms. The summed E-state index contributed by atoms with van der Waals surface area (Å²) in [6.45, 7) is 2.87. The van der Waals surface area contributed by atoms with Crippen molar-refractivity contribution in [2.24, 2.45) is 0 Å². The molecule has 1 aliphatic heterocycles. The van der Waals surface area contributed by atoms with Gasteiger partial charge in [-0.15, -0.1) is 0 Å². The molecule has 0 fully saturated rings. The minimum Gasteiger partial charge on any atom is -0.368 e. The molecule has 4 N–H and O–H groups in total. The molecule has 216 valence electrons. The highest BCUT2D eigenvalue weighted by Gasteiger charge is 2.07. The lowest BCUT2D eigenvalue weighted by molar-refractivity contribution is -0.121. The van der Waals surface area contributed by atoms with Gasteiger partial charge in [0.05, 0.1) is 0 Å². The second kappa shape index (κ2) is 19.0. The number of carbonyl (C=O) groups is 1. The molecule has 0 saturated heterocycles. The Hall–Kier alpha value is -2.21. The van der Waals surface area contributed by atoms with Crippen molar-refractivity contribution < 1.29 is 15.0 Å². The number of carbonyl (C=O) groups excluding carboxylic acids is 1. The van der Waals surface area contributed by atoms with E-state index in [1.165, 1.54) is 53.5 Å². The summed E-state index contributed by atoms with van der Waals surface area (Å²) >= 11 is 0. The third kappa shape index (κ3) is 13.6. The number of nitrogens with one attached hydrogen (secondary N) is 2. The molecule has 0 saturated carbocycles. The molecule has 0 unspecified atom stereocenters. The van der Waals surface area contributed by atoms with Crippen LogP contribution in [0.4, 0.5) is 0 Å². The van der Waals surface area contributed by atoms with Gasteiger partial charge in [0.1, 0.15) is 0 Å². The quantitative estimate of drug-likeness (QED) is 0.372. The summed E-state index contributed by atoms with van der Waals surface area (Å²) in [7, 11) is 0. The van der Waals surface area contributed by atoms with Crippen molar-refractivity contribution in [2.45, 2.75) is 115 Å². The normalized spacial score (nSPS) is 18.0. The van der Waals surface area contributed by atoms with Crippen LogP contribution in [0.5, 0.6) is 0 Å². The Morgan fingerprint density at radius 1 is 0.667 bits per heavy atom. The van der Waals surface area contributed by atoms with E-state index in [1.807, 2.05) is 0 Å². The maximum absolute atomic E-state index is 12.1. The van der Waals surface area contributed by atoms with Gasteiger partial charge < -0.3 is 20.8 Å². The molecule has 1 aliphatic rings. The van der Waals surface area contributed by atoms with Gasteiger partial charge in [0.25, 0.3) is 0 Å². The van der Waals surface area contributed by atoms with Gasteiger partial charge in [-0.3, -0.25) is 4.79 Å². The van der Waals surface area contributed by atoms with Crippen molar-refractivity contribution in [1.29, 1.82) is 0 Å². The number of benzene rings is 2. The fourth-order valence-corrected chi connectivity index (χ4v) is 5.56. The van der Waals surface area contributed by atoms with E-state index in [0.717, 1.165) is 90.3 Å². The second-order valence-electron chi connectivity index (χ2n) is 11.3. The summed E-state index contributed by atoms with van der Waals surface area (Å²) in [6.07, 6.45) is 16.0. The standard InChI is InChI=1S/C34H52N2O3/c37-33-19-2-1-7-23-35-24-8-6-17-31-22-21-30(16-11-20-34(38)39)27-32(31)18-4-3-12-28-14-10-15-29(26-28)13-5-9-25-36-33/h10,14-15,21-22,26-27,34-35,38-39H,1-9,11-13,16-20,23-25H2,(H,36,37). The van der Waals surface area contributed by atoms with E-state index in [1.54, 1.807) is 0 Å². The fraction of sp³-hybridized carbons (Fsp3) is 0.618. The molecule has 0 atom stereocenters. The minimum atomic E-state index is -1.21. The predicted molar refractivity (Wildman–Crippen MR) is 161 cm³/mol. The third-order valence-electron chi connectivity index (χ3n) is 7.87. The van der Waals surface area contributed by atoms with Crippen LogP contribution in [0.15, 0.2) is 42.5 Å². The van der Waals surface area contributed by atoms with Crippen molar-refractivity contribution in [3.05, 3.63) is 70.3 Å². The van der Waals surface area contributed by atoms with Crippen LogP contribution < -0.4 is 10.6 Å². The van der Waals surface area contributed by atoms with Gasteiger partial charge >= 0.3 is 0 Å². The number of aliphatic hydroxyl groups is 2. The molecular weight excluding hydrogens is 484 g/mol. The zero-order chi connectivity index (χ0) is 27.5. The molecule has 0 aliphatic carbocycles. The molecule has 0 radical (unpaired) electrons. The Kier molecular flexibility index (Phi) is 15.2. The van der Waals surface area contributed by atoms with Crippen molar-refractivity contribution in [3.8, 4) is 0 Å². The Labute approximate surface area is 236 Å². The monoisotopic (exact) mass is 536 g/mol. The lowest BCUT2D eigenvalue weighted by Crippen LogP contribution is -2.24. The average molecular weight is 537 g/mol. The summed E-state index contributed by atoms with van der Waals surface area (Å²) in [6, 6.07) is 16.0. The minimum absolute atomic E-state index is 0.201.